The Bertz CT molecular complexity index is 1550. The molecule has 11 nitrogen and oxygen atoms in total. The Morgan fingerprint density at radius 1 is 1.21 bits per heavy atom. The highest BCUT2D eigenvalue weighted by Crippen LogP contribution is 2.29. The zero-order valence-corrected chi connectivity index (χ0v) is 22.3. The zero-order chi connectivity index (χ0) is 27.2. The summed E-state index contributed by atoms with van der Waals surface area (Å²) >= 11 is 1.30. The van der Waals surface area contributed by atoms with Crippen LogP contribution in [-0.2, 0) is 27.8 Å². The summed E-state index contributed by atoms with van der Waals surface area (Å²) in [6, 6.07) is 9.24. The van der Waals surface area contributed by atoms with Crippen molar-refractivity contribution in [2.45, 2.75) is 43.3 Å². The molecule has 0 saturated carbocycles. The number of thiazole rings is 1. The van der Waals surface area contributed by atoms with Gasteiger partial charge < -0.3 is 21.1 Å². The number of rotatable bonds is 6. The van der Waals surface area contributed by atoms with Crippen molar-refractivity contribution in [3.8, 4) is 0 Å². The van der Waals surface area contributed by atoms with Crippen molar-refractivity contribution in [2.24, 2.45) is 5.73 Å². The Balaban J connectivity index is 1.40. The molecule has 2 unspecified atom stereocenters. The predicted octanol–water partition coefficient (Wildman–Crippen LogP) is 1.60. The summed E-state index contributed by atoms with van der Waals surface area (Å²) in [5.74, 6) is -1.61. The molecule has 0 radical (unpaired) electrons. The third kappa shape index (κ3) is 5.01. The molecular weight excluding hydrogens is 528 g/mol. The minimum atomic E-state index is -3.98. The highest BCUT2D eigenvalue weighted by atomic mass is 32.2. The van der Waals surface area contributed by atoms with E-state index >= 15 is 0 Å². The topological polar surface area (TPSA) is 170 Å². The third-order valence-electron chi connectivity index (χ3n) is 6.95. The molecule has 2 aromatic carbocycles. The van der Waals surface area contributed by atoms with E-state index in [-0.39, 0.29) is 48.7 Å². The number of carboxylic acids is 1. The van der Waals surface area contributed by atoms with Gasteiger partial charge in [-0.05, 0) is 35.9 Å². The number of carbonyl (C=O) groups is 2. The molecule has 38 heavy (non-hydrogen) atoms. The fourth-order valence-electron chi connectivity index (χ4n) is 4.92. The fourth-order valence-corrected chi connectivity index (χ4v) is 7.42. The molecular formula is C25H28N6O5S2. The summed E-state index contributed by atoms with van der Waals surface area (Å²) in [5.41, 5.74) is 6.95. The number of carboxylic acid groups (broad SMARTS) is 1. The number of hydrogen-bond acceptors (Lipinski definition) is 8. The summed E-state index contributed by atoms with van der Waals surface area (Å²) in [7, 11) is -3.98. The molecule has 13 heteroatoms. The molecule has 3 aromatic rings. The Kier molecular flexibility index (Phi) is 6.94. The molecule has 0 bridgehead atoms. The number of nitrogens with zero attached hydrogens (tertiary/aromatic N) is 3. The first kappa shape index (κ1) is 26.2. The number of amides is 1. The van der Waals surface area contributed by atoms with E-state index < -0.39 is 22.0 Å². The maximum absolute atomic E-state index is 13.6. The van der Waals surface area contributed by atoms with E-state index in [4.69, 9.17) is 11.1 Å². The molecule has 5 N–H and O–H groups in total. The number of sulfonamides is 1. The van der Waals surface area contributed by atoms with Crippen LogP contribution in [0.3, 0.4) is 0 Å². The van der Waals surface area contributed by atoms with Crippen LogP contribution in [0, 0.1) is 5.41 Å². The Hall–Kier alpha value is -3.39. The maximum atomic E-state index is 13.6. The number of amidine groups is 1. The van der Waals surface area contributed by atoms with E-state index in [1.54, 1.807) is 24.3 Å². The minimum absolute atomic E-state index is 0.0272. The lowest BCUT2D eigenvalue weighted by Gasteiger charge is -2.39. The van der Waals surface area contributed by atoms with Gasteiger partial charge in [0.1, 0.15) is 5.84 Å². The first-order chi connectivity index (χ1) is 18.0. The van der Waals surface area contributed by atoms with E-state index in [1.807, 2.05) is 6.92 Å². The van der Waals surface area contributed by atoms with Crippen LogP contribution < -0.4 is 11.1 Å². The lowest BCUT2D eigenvalue weighted by atomic mass is 10.1. The largest absolute Gasteiger partial charge is 0.481 e. The van der Waals surface area contributed by atoms with Gasteiger partial charge in [-0.25, -0.2) is 13.4 Å². The number of aromatic nitrogens is 1. The molecule has 5 rings (SSSR count). The lowest BCUT2D eigenvalue weighted by Crippen LogP contribution is -2.57. The number of aliphatic carboxylic acids is 1. The number of fused-ring (bicyclic) bond motifs is 2. The minimum Gasteiger partial charge on any atom is -0.481 e. The smallest absolute Gasteiger partial charge is 0.305 e. The summed E-state index contributed by atoms with van der Waals surface area (Å²) in [4.78, 5) is 32.1. The number of carbonyl (C=O) groups excluding carboxylic acids is 1. The van der Waals surface area contributed by atoms with Crippen LogP contribution in [0.4, 0.5) is 0 Å². The highest BCUT2D eigenvalue weighted by molar-refractivity contribution is 7.89. The average Bonchev–Trinajstić information content (AvgIpc) is 3.30. The van der Waals surface area contributed by atoms with Crippen LogP contribution in [0.25, 0.3) is 10.8 Å². The van der Waals surface area contributed by atoms with Gasteiger partial charge in [0.2, 0.25) is 10.0 Å². The molecule has 0 spiro atoms. The predicted molar refractivity (Wildman–Crippen MR) is 143 cm³/mol. The quantitative estimate of drug-likeness (QED) is 0.262. The monoisotopic (exact) mass is 556 g/mol. The third-order valence-corrected chi connectivity index (χ3v) is 9.90. The second-order valence-corrected chi connectivity index (χ2v) is 12.6. The number of nitrogens with two attached hydrogens (primary N) is 1. The van der Waals surface area contributed by atoms with Crippen LogP contribution >= 0.6 is 11.3 Å². The van der Waals surface area contributed by atoms with Gasteiger partial charge in [-0.1, -0.05) is 18.2 Å². The SMILES string of the molecule is CC1Cc2nc(C(=O)N3CCN(S(=O)(=O)c4ccc5ccc(C(=N)N)cc5c4)CC3CC(=O)O)sc2CN1. The number of piperazine rings is 1. The first-order valence-electron chi connectivity index (χ1n) is 12.2. The molecule has 2 aliphatic rings. The molecule has 200 valence electrons. The van der Waals surface area contributed by atoms with Gasteiger partial charge in [-0.3, -0.25) is 15.0 Å². The van der Waals surface area contributed by atoms with Crippen LogP contribution in [0.5, 0.6) is 0 Å². The molecule has 2 atom stereocenters. The van der Waals surface area contributed by atoms with E-state index in [0.29, 0.717) is 28.9 Å². The summed E-state index contributed by atoms with van der Waals surface area (Å²) in [5, 5.41) is 22.2. The first-order valence-corrected chi connectivity index (χ1v) is 14.4. The van der Waals surface area contributed by atoms with E-state index in [2.05, 4.69) is 10.3 Å². The van der Waals surface area contributed by atoms with Crippen molar-refractivity contribution in [1.29, 1.82) is 5.41 Å². The van der Waals surface area contributed by atoms with Crippen LogP contribution in [0.1, 0.15) is 39.3 Å². The van der Waals surface area contributed by atoms with E-state index in [9.17, 15) is 23.1 Å². The van der Waals surface area contributed by atoms with Crippen molar-refractivity contribution in [3.63, 3.8) is 0 Å². The van der Waals surface area contributed by atoms with Gasteiger partial charge in [0.15, 0.2) is 5.01 Å². The van der Waals surface area contributed by atoms with Crippen molar-refractivity contribution in [2.75, 3.05) is 19.6 Å². The van der Waals surface area contributed by atoms with Crippen LogP contribution in [-0.4, -0.2) is 77.1 Å². The molecule has 1 fully saturated rings. The van der Waals surface area contributed by atoms with Gasteiger partial charge in [0.05, 0.1) is 23.1 Å². The normalized spacial score (nSPS) is 20.3. The van der Waals surface area contributed by atoms with Gasteiger partial charge >= 0.3 is 5.97 Å². The number of nitrogen functional groups attached to an aromatic ring is 1. The fraction of sp³-hybridized carbons (Fsp3) is 0.360. The summed E-state index contributed by atoms with van der Waals surface area (Å²) in [6.07, 6.45) is 0.324. The van der Waals surface area contributed by atoms with Crippen LogP contribution in [0.2, 0.25) is 0 Å². The average molecular weight is 557 g/mol. The van der Waals surface area contributed by atoms with Crippen molar-refractivity contribution >= 4 is 49.8 Å². The van der Waals surface area contributed by atoms with Gasteiger partial charge in [-0.2, -0.15) is 4.31 Å². The Labute approximate surface area is 223 Å². The number of nitrogens with one attached hydrogen (secondary N) is 2. The molecule has 1 amide bonds. The molecule has 1 aromatic heterocycles. The second kappa shape index (κ2) is 10.1. The summed E-state index contributed by atoms with van der Waals surface area (Å²) < 4.78 is 28.4. The van der Waals surface area contributed by atoms with Gasteiger partial charge in [-0.15, -0.1) is 11.3 Å². The molecule has 2 aliphatic heterocycles. The second-order valence-electron chi connectivity index (χ2n) is 9.63. The zero-order valence-electron chi connectivity index (χ0n) is 20.7. The maximum Gasteiger partial charge on any atom is 0.305 e. The van der Waals surface area contributed by atoms with E-state index in [1.165, 1.54) is 32.7 Å². The van der Waals surface area contributed by atoms with Gasteiger partial charge in [0.25, 0.3) is 5.91 Å². The Morgan fingerprint density at radius 3 is 2.71 bits per heavy atom. The van der Waals surface area contributed by atoms with Gasteiger partial charge in [0, 0.05) is 49.1 Å². The van der Waals surface area contributed by atoms with Crippen molar-refractivity contribution in [3.05, 3.63) is 57.5 Å². The van der Waals surface area contributed by atoms with Crippen molar-refractivity contribution in [1.82, 2.24) is 19.5 Å². The molecule has 0 aliphatic carbocycles. The highest BCUT2D eigenvalue weighted by Gasteiger charge is 2.39. The van der Waals surface area contributed by atoms with E-state index in [0.717, 1.165) is 16.0 Å². The molecule has 1 saturated heterocycles. The Morgan fingerprint density at radius 2 is 1.97 bits per heavy atom. The lowest BCUT2D eigenvalue weighted by molar-refractivity contribution is -0.138. The standard InChI is InChI=1S/C25H28N6O5S2/c1-14-8-20-21(12-28-14)37-24(29-20)25(34)31-7-6-30(13-18(31)11-22(32)33)38(35,36)19-5-4-15-2-3-16(23(26)27)9-17(15)10-19/h2-5,9-10,14,18,28H,6-8,11-13H2,1H3,(H3,26,27)(H,32,33). The van der Waals surface area contributed by atoms with Crippen LogP contribution in [0.15, 0.2) is 41.3 Å². The number of benzene rings is 2. The van der Waals surface area contributed by atoms with Crippen molar-refractivity contribution < 1.29 is 23.1 Å². The number of hydrogen-bond donors (Lipinski definition) is 4. The summed E-state index contributed by atoms with van der Waals surface area (Å²) in [6.45, 7) is 2.61. The molecule has 3 heterocycles.